The minimum atomic E-state index is -0.417. The minimum Gasteiger partial charge on any atom is -0.461 e. The summed E-state index contributed by atoms with van der Waals surface area (Å²) in [4.78, 5) is 23.4. The van der Waals surface area contributed by atoms with Gasteiger partial charge in [0.1, 0.15) is 0 Å². The average molecular weight is 325 g/mol. The van der Waals surface area contributed by atoms with Gasteiger partial charge in [0.15, 0.2) is 0 Å². The van der Waals surface area contributed by atoms with Crippen LogP contribution in [0.4, 0.5) is 9.59 Å². The first-order valence-electron chi connectivity index (χ1n) is 5.37. The Hall–Kier alpha value is -0.630. The summed E-state index contributed by atoms with van der Waals surface area (Å²) in [5, 5.41) is 0.438. The van der Waals surface area contributed by atoms with Crippen LogP contribution in [0.3, 0.4) is 0 Å². The number of ether oxygens (including phenoxy) is 1. The summed E-state index contributed by atoms with van der Waals surface area (Å²) < 4.78 is 4.55. The molecule has 0 aromatic rings. The van der Waals surface area contributed by atoms with Crippen molar-refractivity contribution in [3.8, 4) is 0 Å². The lowest BCUT2D eigenvalue weighted by atomic mass is 10.3. The van der Waals surface area contributed by atoms with Gasteiger partial charge in [0.2, 0.25) is 0 Å². The number of carbonyl (C=O) groups excluding carboxylic acids is 2. The minimum absolute atomic E-state index is 0.248. The molecule has 108 valence electrons. The van der Waals surface area contributed by atoms with Crippen LogP contribution in [-0.4, -0.2) is 40.8 Å². The average Bonchev–Trinajstić information content (AvgIpc) is 2.41. The highest BCUT2D eigenvalue weighted by Crippen LogP contribution is 2.22. The highest BCUT2D eigenvalue weighted by molar-refractivity contribution is 8.16. The number of nitrogens with two attached hydrogens (primary N) is 1. The molecule has 0 aromatic heterocycles. The number of hydrogen-bond donors (Lipinski definition) is 1. The van der Waals surface area contributed by atoms with E-state index in [9.17, 15) is 9.59 Å². The van der Waals surface area contributed by atoms with Gasteiger partial charge in [-0.2, -0.15) is 0 Å². The van der Waals surface area contributed by atoms with Gasteiger partial charge in [-0.25, -0.2) is 10.6 Å². The van der Waals surface area contributed by atoms with Gasteiger partial charge in [-0.3, -0.25) is 9.80 Å². The Balaban J connectivity index is 4.24. The number of amides is 1. The lowest BCUT2D eigenvalue weighted by Crippen LogP contribution is -2.35. The molecule has 0 aliphatic carbocycles. The highest BCUT2D eigenvalue weighted by Gasteiger charge is 2.12. The second-order valence-electron chi connectivity index (χ2n) is 3.17. The fourth-order valence-electron chi connectivity index (χ4n) is 0.979. The zero-order valence-corrected chi connectivity index (χ0v) is 13.0. The van der Waals surface area contributed by atoms with Crippen LogP contribution in [0.2, 0.25) is 0 Å². The summed E-state index contributed by atoms with van der Waals surface area (Å²) in [7, 11) is 1.31. The first kappa shape index (κ1) is 18.4. The van der Waals surface area contributed by atoms with Crippen molar-refractivity contribution < 1.29 is 14.3 Å². The normalized spacial score (nSPS) is 11.0. The van der Waals surface area contributed by atoms with E-state index in [1.807, 2.05) is 0 Å². The quantitative estimate of drug-likeness (QED) is 0.194. The second kappa shape index (κ2) is 11.2. The standard InChI is InChI=1S/C11H17ClN2O3S2/c1-3-4-9(19-11(16)17-2)5-7-14(13)10(15)18-8-6-12/h3-4H,1,5-8,13H2,2H3/b9-4-. The van der Waals surface area contributed by atoms with E-state index in [0.29, 0.717) is 24.6 Å². The number of hydrogen-bond acceptors (Lipinski definition) is 6. The lowest BCUT2D eigenvalue weighted by Gasteiger charge is -2.16. The third kappa shape index (κ3) is 8.99. The van der Waals surface area contributed by atoms with E-state index in [4.69, 9.17) is 17.4 Å². The molecule has 8 heteroatoms. The van der Waals surface area contributed by atoms with Crippen LogP contribution >= 0.6 is 35.1 Å². The summed E-state index contributed by atoms with van der Waals surface area (Å²) in [6.07, 6.45) is 3.71. The molecule has 0 atom stereocenters. The molecule has 0 aliphatic rings. The number of nitrogens with zero attached hydrogens (tertiary/aromatic N) is 1. The maximum absolute atomic E-state index is 11.5. The van der Waals surface area contributed by atoms with Gasteiger partial charge in [-0.05, 0) is 23.1 Å². The van der Waals surface area contributed by atoms with Gasteiger partial charge >= 0.3 is 5.30 Å². The molecule has 0 aromatic carbocycles. The number of thioether (sulfide) groups is 2. The van der Waals surface area contributed by atoms with Crippen LogP contribution < -0.4 is 5.84 Å². The Morgan fingerprint density at radius 2 is 2.21 bits per heavy atom. The Kier molecular flexibility index (Phi) is 10.8. The van der Waals surface area contributed by atoms with Crippen LogP contribution in [0, 0.1) is 0 Å². The van der Waals surface area contributed by atoms with E-state index >= 15 is 0 Å². The maximum Gasteiger partial charge on any atom is 0.371 e. The third-order valence-corrected chi connectivity index (χ3v) is 4.06. The van der Waals surface area contributed by atoms with Crippen molar-refractivity contribution in [3.05, 3.63) is 23.6 Å². The van der Waals surface area contributed by atoms with Gasteiger partial charge in [0.25, 0.3) is 5.24 Å². The van der Waals surface area contributed by atoms with E-state index in [1.165, 1.54) is 7.11 Å². The van der Waals surface area contributed by atoms with Gasteiger partial charge in [0.05, 0.1) is 7.11 Å². The van der Waals surface area contributed by atoms with Crippen LogP contribution in [0.15, 0.2) is 23.6 Å². The predicted octanol–water partition coefficient (Wildman–Crippen LogP) is 3.21. The smallest absolute Gasteiger partial charge is 0.371 e. The van der Waals surface area contributed by atoms with Crippen molar-refractivity contribution >= 4 is 45.7 Å². The van der Waals surface area contributed by atoms with Crippen molar-refractivity contribution in [1.82, 2.24) is 5.01 Å². The predicted molar refractivity (Wildman–Crippen MR) is 82.4 cm³/mol. The number of rotatable bonds is 7. The molecule has 5 nitrogen and oxygen atoms in total. The van der Waals surface area contributed by atoms with E-state index in [0.717, 1.165) is 33.4 Å². The number of allylic oxidation sites excluding steroid dienone is 2. The van der Waals surface area contributed by atoms with Crippen molar-refractivity contribution in [1.29, 1.82) is 0 Å². The largest absolute Gasteiger partial charge is 0.461 e. The molecule has 2 N–H and O–H groups in total. The summed E-state index contributed by atoms with van der Waals surface area (Å²) in [6.45, 7) is 3.87. The highest BCUT2D eigenvalue weighted by atomic mass is 35.5. The molecule has 0 saturated heterocycles. The number of methoxy groups -OCH3 is 1. The summed E-state index contributed by atoms with van der Waals surface area (Å²) in [5.74, 6) is 6.51. The number of alkyl halides is 1. The topological polar surface area (TPSA) is 72.6 Å². The first-order chi connectivity index (χ1) is 9.04. The SMILES string of the molecule is C=C/C=C(/CCN(N)C(=O)SCCCl)SC(=O)OC. The molecule has 0 saturated carbocycles. The molecular formula is C11H17ClN2O3S2. The molecule has 0 radical (unpaired) electrons. The van der Waals surface area contributed by atoms with E-state index in [-0.39, 0.29) is 5.24 Å². The van der Waals surface area contributed by atoms with Crippen LogP contribution in [0.25, 0.3) is 0 Å². The molecular weight excluding hydrogens is 308 g/mol. The fraction of sp³-hybridized carbons (Fsp3) is 0.455. The molecule has 0 fully saturated rings. The Morgan fingerprint density at radius 1 is 1.53 bits per heavy atom. The van der Waals surface area contributed by atoms with Gasteiger partial charge < -0.3 is 4.74 Å². The molecule has 0 heterocycles. The molecule has 0 unspecified atom stereocenters. The van der Waals surface area contributed by atoms with Crippen LogP contribution in [-0.2, 0) is 4.74 Å². The summed E-state index contributed by atoms with van der Waals surface area (Å²) in [6, 6.07) is 0. The fourth-order valence-corrected chi connectivity index (χ4v) is 2.37. The lowest BCUT2D eigenvalue weighted by molar-refractivity contribution is 0.200. The van der Waals surface area contributed by atoms with Crippen LogP contribution in [0.5, 0.6) is 0 Å². The Morgan fingerprint density at radius 3 is 2.74 bits per heavy atom. The van der Waals surface area contributed by atoms with E-state index < -0.39 is 5.30 Å². The second-order valence-corrected chi connectivity index (χ2v) is 5.66. The van der Waals surface area contributed by atoms with Crippen LogP contribution in [0.1, 0.15) is 6.42 Å². The van der Waals surface area contributed by atoms with E-state index in [2.05, 4.69) is 11.3 Å². The Bertz CT molecular complexity index is 351. The first-order valence-corrected chi connectivity index (χ1v) is 7.71. The molecule has 0 aliphatic heterocycles. The van der Waals surface area contributed by atoms with Crippen molar-refractivity contribution in [2.45, 2.75) is 6.42 Å². The summed E-state index contributed by atoms with van der Waals surface area (Å²) >= 11 is 7.49. The van der Waals surface area contributed by atoms with Crippen molar-refractivity contribution in [2.75, 3.05) is 25.3 Å². The van der Waals surface area contributed by atoms with Crippen molar-refractivity contribution in [3.63, 3.8) is 0 Å². The molecule has 19 heavy (non-hydrogen) atoms. The molecule has 0 rings (SSSR count). The molecule has 1 amide bonds. The zero-order valence-electron chi connectivity index (χ0n) is 10.6. The van der Waals surface area contributed by atoms with Gasteiger partial charge in [0, 0.05) is 18.2 Å². The van der Waals surface area contributed by atoms with Crippen molar-refractivity contribution in [2.24, 2.45) is 5.84 Å². The molecule has 0 bridgehead atoms. The van der Waals surface area contributed by atoms with Gasteiger partial charge in [-0.15, -0.1) is 11.6 Å². The summed E-state index contributed by atoms with van der Waals surface area (Å²) in [5.41, 5.74) is 0. The van der Waals surface area contributed by atoms with Gasteiger partial charge in [-0.1, -0.05) is 30.5 Å². The Labute approximate surface area is 126 Å². The maximum atomic E-state index is 11.5. The number of carbonyl (C=O) groups is 2. The zero-order chi connectivity index (χ0) is 14.7. The number of hydrazine groups is 1. The van der Waals surface area contributed by atoms with E-state index in [1.54, 1.807) is 12.2 Å². The monoisotopic (exact) mass is 324 g/mol. The molecule has 0 spiro atoms. The third-order valence-electron chi connectivity index (χ3n) is 1.82. The number of halogens is 1.